The molecule has 0 aromatic rings. The Morgan fingerprint density at radius 3 is 1.79 bits per heavy atom. The fourth-order valence-electron chi connectivity index (χ4n) is 5.77. The highest BCUT2D eigenvalue weighted by atomic mass is 16.8. The van der Waals surface area contributed by atoms with Crippen molar-refractivity contribution in [2.75, 3.05) is 0 Å². The van der Waals surface area contributed by atoms with E-state index in [1.165, 1.54) is 19.3 Å². The summed E-state index contributed by atoms with van der Waals surface area (Å²) in [5.74, 6) is 0.287. The Morgan fingerprint density at radius 2 is 1.21 bits per heavy atom. The van der Waals surface area contributed by atoms with E-state index in [2.05, 4.69) is 12.2 Å². The van der Waals surface area contributed by atoms with Gasteiger partial charge in [-0.25, -0.2) is 0 Å². The van der Waals surface area contributed by atoms with Crippen LogP contribution < -0.4 is 0 Å². The van der Waals surface area contributed by atoms with Gasteiger partial charge in [0.2, 0.25) is 0 Å². The summed E-state index contributed by atoms with van der Waals surface area (Å²) in [7, 11) is 0. The number of carbonyl (C=O) groups is 1. The first kappa shape index (κ1) is 38.2. The molecule has 10 nitrogen and oxygen atoms in total. The average Bonchev–Trinajstić information content (AvgIpc) is 2.98. The summed E-state index contributed by atoms with van der Waals surface area (Å²) in [6, 6.07) is 0. The number of hydrogen-bond donors (Lipinski definition) is 5. The van der Waals surface area contributed by atoms with Gasteiger partial charge in [0, 0.05) is 6.42 Å². The number of rotatable bonds is 21. The van der Waals surface area contributed by atoms with E-state index in [1.54, 1.807) is 13.8 Å². The molecule has 2 fully saturated rings. The van der Waals surface area contributed by atoms with Crippen molar-refractivity contribution < 1.29 is 49.3 Å². The molecule has 2 rings (SSSR count). The van der Waals surface area contributed by atoms with Gasteiger partial charge in [-0.3, -0.25) is 0 Å². The number of ether oxygens (including phenoxy) is 4. The molecular weight excluding hydrogens is 556 g/mol. The van der Waals surface area contributed by atoms with Gasteiger partial charge in [-0.15, -0.1) is 0 Å². The molecule has 10 heteroatoms. The lowest BCUT2D eigenvalue weighted by atomic mass is 9.95. The van der Waals surface area contributed by atoms with Crippen molar-refractivity contribution in [3.63, 3.8) is 0 Å². The van der Waals surface area contributed by atoms with Crippen molar-refractivity contribution in [3.8, 4) is 0 Å². The molecular formula is C33H60O10. The van der Waals surface area contributed by atoms with E-state index in [1.807, 2.05) is 13.8 Å². The van der Waals surface area contributed by atoms with Crippen molar-refractivity contribution >= 4 is 5.78 Å². The Kier molecular flexibility index (Phi) is 18.6. The molecule has 0 spiro atoms. The third kappa shape index (κ3) is 13.1. The second-order valence-electron chi connectivity index (χ2n) is 12.4. The van der Waals surface area contributed by atoms with Crippen LogP contribution in [0.5, 0.6) is 0 Å². The van der Waals surface area contributed by atoms with Crippen molar-refractivity contribution in [3.05, 3.63) is 12.2 Å². The lowest BCUT2D eigenvalue weighted by Gasteiger charge is -2.46. The zero-order chi connectivity index (χ0) is 31.8. The van der Waals surface area contributed by atoms with E-state index in [4.69, 9.17) is 18.9 Å². The smallest absolute Gasteiger partial charge is 0.187 e. The first-order valence-corrected chi connectivity index (χ1v) is 16.8. The summed E-state index contributed by atoms with van der Waals surface area (Å²) in [4.78, 5) is 11.0. The second-order valence-corrected chi connectivity index (χ2v) is 12.4. The number of Topliss-reactive ketones (excluding diaryl/α,β-unsaturated/α-hetero) is 1. The highest BCUT2D eigenvalue weighted by molar-refractivity contribution is 5.75. The van der Waals surface area contributed by atoms with Gasteiger partial charge in [-0.1, -0.05) is 64.5 Å². The summed E-state index contributed by atoms with van der Waals surface area (Å²) < 4.78 is 23.7. The lowest BCUT2D eigenvalue weighted by Crippen LogP contribution is -2.64. The van der Waals surface area contributed by atoms with Gasteiger partial charge in [-0.2, -0.15) is 0 Å². The Bertz CT molecular complexity index is 777. The topological polar surface area (TPSA) is 155 Å². The molecule has 43 heavy (non-hydrogen) atoms. The van der Waals surface area contributed by atoms with Crippen molar-refractivity contribution in [1.29, 1.82) is 0 Å². The zero-order valence-corrected chi connectivity index (χ0v) is 26.9. The molecule has 0 bridgehead atoms. The average molecular weight is 617 g/mol. The number of unbranched alkanes of at least 4 members (excludes halogenated alkanes) is 9. The van der Waals surface area contributed by atoms with E-state index in [-0.39, 0.29) is 11.9 Å². The van der Waals surface area contributed by atoms with Gasteiger partial charge >= 0.3 is 0 Å². The van der Waals surface area contributed by atoms with Crippen LogP contribution in [0.2, 0.25) is 0 Å². The third-order valence-corrected chi connectivity index (χ3v) is 8.57. The number of aliphatic hydroxyl groups excluding tert-OH is 5. The van der Waals surface area contributed by atoms with E-state index >= 15 is 0 Å². The Hall–Kier alpha value is -0.950. The van der Waals surface area contributed by atoms with Gasteiger partial charge in [-0.05, 0) is 65.2 Å². The minimum absolute atomic E-state index is 0.202. The maximum absolute atomic E-state index is 11.0. The largest absolute Gasteiger partial charge is 0.388 e. The van der Waals surface area contributed by atoms with Crippen LogP contribution in [-0.4, -0.2) is 98.8 Å². The van der Waals surface area contributed by atoms with E-state index in [0.717, 1.165) is 57.8 Å². The summed E-state index contributed by atoms with van der Waals surface area (Å²) in [6.07, 6.45) is 7.24. The maximum atomic E-state index is 11.0. The van der Waals surface area contributed by atoms with Crippen LogP contribution in [-0.2, 0) is 23.7 Å². The van der Waals surface area contributed by atoms with E-state index < -0.39 is 61.4 Å². The Balaban J connectivity index is 1.71. The third-order valence-electron chi connectivity index (χ3n) is 8.57. The molecule has 252 valence electrons. The van der Waals surface area contributed by atoms with Gasteiger partial charge in [0.05, 0.1) is 18.3 Å². The van der Waals surface area contributed by atoms with Crippen LogP contribution in [0.25, 0.3) is 0 Å². The summed E-state index contributed by atoms with van der Waals surface area (Å²) in [5.41, 5.74) is 0. The highest BCUT2D eigenvalue weighted by Gasteiger charge is 2.50. The molecule has 0 aromatic heterocycles. The fourth-order valence-corrected chi connectivity index (χ4v) is 5.77. The molecule has 0 amide bonds. The first-order chi connectivity index (χ1) is 20.6. The van der Waals surface area contributed by atoms with Crippen LogP contribution in [0.1, 0.15) is 124 Å². The molecule has 5 N–H and O–H groups in total. The molecule has 2 saturated heterocycles. The van der Waals surface area contributed by atoms with Crippen LogP contribution in [0.3, 0.4) is 0 Å². The predicted molar refractivity (Wildman–Crippen MR) is 163 cm³/mol. The molecule has 0 radical (unpaired) electrons. The fraction of sp³-hybridized carbons (Fsp3) is 0.909. The van der Waals surface area contributed by atoms with Gasteiger partial charge < -0.3 is 49.3 Å². The Labute approximate surface area is 258 Å². The summed E-state index contributed by atoms with van der Waals surface area (Å²) >= 11 is 0. The summed E-state index contributed by atoms with van der Waals surface area (Å²) in [6.45, 7) is 7.21. The van der Waals surface area contributed by atoms with Gasteiger partial charge in [0.15, 0.2) is 12.6 Å². The molecule has 11 unspecified atom stereocenters. The monoisotopic (exact) mass is 616 g/mol. The minimum Gasteiger partial charge on any atom is -0.388 e. The van der Waals surface area contributed by atoms with Crippen LogP contribution >= 0.6 is 0 Å². The lowest BCUT2D eigenvalue weighted by molar-refractivity contribution is -0.368. The molecule has 11 atom stereocenters. The number of aliphatic hydroxyl groups is 5. The van der Waals surface area contributed by atoms with Crippen molar-refractivity contribution in [2.45, 2.75) is 192 Å². The normalized spacial score (nSPS) is 34.1. The minimum atomic E-state index is -1.55. The zero-order valence-electron chi connectivity index (χ0n) is 26.9. The predicted octanol–water partition coefficient (Wildman–Crippen LogP) is 4.07. The molecule has 2 heterocycles. The number of carbonyl (C=O) groups excluding carboxylic acids is 1. The van der Waals surface area contributed by atoms with E-state index in [0.29, 0.717) is 19.3 Å². The SMILES string of the molecule is CCC1OC(OC2C(OC(C)CCCCCCC=CCCCCCCCC(C)=O)OC(CC)C(O)C2O)C(O)C(O)C1O. The van der Waals surface area contributed by atoms with Crippen molar-refractivity contribution in [2.24, 2.45) is 0 Å². The van der Waals surface area contributed by atoms with Crippen LogP contribution in [0.15, 0.2) is 12.2 Å². The Morgan fingerprint density at radius 1 is 0.698 bits per heavy atom. The van der Waals surface area contributed by atoms with Crippen LogP contribution in [0.4, 0.5) is 0 Å². The number of ketones is 1. The molecule has 0 saturated carbocycles. The number of allylic oxidation sites excluding steroid dienone is 2. The quantitative estimate of drug-likeness (QED) is 0.0942. The first-order valence-electron chi connectivity index (χ1n) is 16.8. The maximum Gasteiger partial charge on any atom is 0.187 e. The van der Waals surface area contributed by atoms with Gasteiger partial charge in [0.25, 0.3) is 0 Å². The van der Waals surface area contributed by atoms with Crippen LogP contribution in [0, 0.1) is 0 Å². The molecule has 0 aromatic carbocycles. The molecule has 2 aliphatic rings. The van der Waals surface area contributed by atoms with Gasteiger partial charge in [0.1, 0.15) is 42.4 Å². The van der Waals surface area contributed by atoms with Crippen molar-refractivity contribution in [1.82, 2.24) is 0 Å². The summed E-state index contributed by atoms with van der Waals surface area (Å²) in [5, 5.41) is 52.4. The number of hydrogen-bond acceptors (Lipinski definition) is 10. The molecule has 2 aliphatic heterocycles. The standard InChI is InChI=1S/C33H60O10/c1-5-24-26(35)28(37)30(39)32(41-24)43-31-29(38)27(36)25(6-2)42-33(31)40-23(4)21-19-17-15-13-11-9-7-8-10-12-14-16-18-20-22(3)34/h7,9,23-33,35-39H,5-6,8,10-21H2,1-4H3. The molecule has 0 aliphatic carbocycles. The second kappa shape index (κ2) is 21.0. The van der Waals surface area contributed by atoms with E-state index in [9.17, 15) is 30.3 Å². The highest BCUT2D eigenvalue weighted by Crippen LogP contribution is 2.32.